The number of ether oxygens (including phenoxy) is 2. The molecule has 106 valence electrons. The molecule has 2 rings (SSSR count). The smallest absolute Gasteiger partial charge is 0.244 e. The van der Waals surface area contributed by atoms with Gasteiger partial charge in [-0.15, -0.1) is 12.4 Å². The number of carbonyl (C=O) groups is 1. The second kappa shape index (κ2) is 5.67. The summed E-state index contributed by atoms with van der Waals surface area (Å²) in [6.07, 6.45) is 1.48. The van der Waals surface area contributed by atoms with Crippen molar-refractivity contribution in [2.24, 2.45) is 5.73 Å². The summed E-state index contributed by atoms with van der Waals surface area (Å²) in [5.74, 6) is 1.08. The molecule has 0 unspecified atom stereocenters. The molecule has 0 radical (unpaired) electrons. The van der Waals surface area contributed by atoms with Crippen LogP contribution in [0.4, 0.5) is 5.69 Å². The summed E-state index contributed by atoms with van der Waals surface area (Å²) in [5.41, 5.74) is 6.78. The Hall–Kier alpha value is -1.46. The molecule has 0 aliphatic heterocycles. The molecule has 0 bridgehead atoms. The molecule has 0 atom stereocenters. The number of benzene rings is 1. The van der Waals surface area contributed by atoms with E-state index in [-0.39, 0.29) is 18.3 Å². The van der Waals surface area contributed by atoms with Crippen LogP contribution in [0.15, 0.2) is 12.1 Å². The SMILES string of the molecule is COc1cc(C)c(NC(=O)C2(N)CC2)cc1OC.Cl. The number of carbonyl (C=O) groups excluding carboxylic acids is 1. The first-order chi connectivity index (χ1) is 8.50. The zero-order valence-corrected chi connectivity index (χ0v) is 12.1. The molecule has 1 aliphatic carbocycles. The van der Waals surface area contributed by atoms with Gasteiger partial charge in [-0.3, -0.25) is 4.79 Å². The maximum Gasteiger partial charge on any atom is 0.244 e. The molecule has 1 aromatic carbocycles. The molecule has 0 saturated heterocycles. The van der Waals surface area contributed by atoms with Gasteiger partial charge in [-0.2, -0.15) is 0 Å². The fraction of sp³-hybridized carbons (Fsp3) is 0.462. The molecule has 0 spiro atoms. The summed E-state index contributed by atoms with van der Waals surface area (Å²) in [7, 11) is 3.14. The molecule has 0 aromatic heterocycles. The third-order valence-electron chi connectivity index (χ3n) is 3.22. The Labute approximate surface area is 118 Å². The van der Waals surface area contributed by atoms with Crippen LogP contribution in [0.2, 0.25) is 0 Å². The number of halogens is 1. The topological polar surface area (TPSA) is 73.6 Å². The Morgan fingerprint density at radius 1 is 1.26 bits per heavy atom. The number of nitrogens with one attached hydrogen (secondary N) is 1. The highest BCUT2D eigenvalue weighted by Gasteiger charge is 2.46. The molecule has 1 aromatic rings. The summed E-state index contributed by atoms with van der Waals surface area (Å²) in [6, 6.07) is 3.57. The number of hydrogen-bond donors (Lipinski definition) is 2. The molecule has 1 saturated carbocycles. The van der Waals surface area contributed by atoms with E-state index in [4.69, 9.17) is 15.2 Å². The molecular formula is C13H19ClN2O3. The largest absolute Gasteiger partial charge is 0.493 e. The van der Waals surface area contributed by atoms with Gasteiger partial charge in [-0.05, 0) is 31.4 Å². The first kappa shape index (κ1) is 15.6. The maximum absolute atomic E-state index is 11.9. The van der Waals surface area contributed by atoms with Crippen molar-refractivity contribution in [3.63, 3.8) is 0 Å². The van der Waals surface area contributed by atoms with Crippen LogP contribution in [0, 0.1) is 6.92 Å². The molecule has 3 N–H and O–H groups in total. The van der Waals surface area contributed by atoms with Crippen molar-refractivity contribution in [3.8, 4) is 11.5 Å². The fourth-order valence-corrected chi connectivity index (χ4v) is 1.72. The molecular weight excluding hydrogens is 268 g/mol. The van der Waals surface area contributed by atoms with Gasteiger partial charge in [0.05, 0.1) is 19.8 Å². The third-order valence-corrected chi connectivity index (χ3v) is 3.22. The van der Waals surface area contributed by atoms with E-state index < -0.39 is 5.54 Å². The van der Waals surface area contributed by atoms with Crippen LogP contribution >= 0.6 is 12.4 Å². The first-order valence-corrected chi connectivity index (χ1v) is 5.83. The lowest BCUT2D eigenvalue weighted by Gasteiger charge is -2.15. The second-order valence-electron chi connectivity index (χ2n) is 4.63. The van der Waals surface area contributed by atoms with Crippen molar-refractivity contribution < 1.29 is 14.3 Å². The number of hydrogen-bond acceptors (Lipinski definition) is 4. The molecule has 6 heteroatoms. The average Bonchev–Trinajstić information content (AvgIpc) is 3.10. The third kappa shape index (κ3) is 3.11. The summed E-state index contributed by atoms with van der Waals surface area (Å²) < 4.78 is 10.4. The van der Waals surface area contributed by atoms with Gasteiger partial charge >= 0.3 is 0 Å². The minimum absolute atomic E-state index is 0. The van der Waals surface area contributed by atoms with Gasteiger partial charge in [0.15, 0.2) is 11.5 Å². The van der Waals surface area contributed by atoms with E-state index in [1.807, 2.05) is 13.0 Å². The Balaban J connectivity index is 0.00000180. The zero-order chi connectivity index (χ0) is 13.3. The Kier molecular flexibility index (Phi) is 4.66. The molecule has 1 fully saturated rings. The van der Waals surface area contributed by atoms with Gasteiger partial charge < -0.3 is 20.5 Å². The van der Waals surface area contributed by atoms with E-state index in [1.165, 1.54) is 0 Å². The van der Waals surface area contributed by atoms with Gasteiger partial charge in [-0.1, -0.05) is 0 Å². The predicted molar refractivity (Wildman–Crippen MR) is 76.3 cm³/mol. The van der Waals surface area contributed by atoms with Crippen molar-refractivity contribution in [2.75, 3.05) is 19.5 Å². The highest BCUT2D eigenvalue weighted by atomic mass is 35.5. The van der Waals surface area contributed by atoms with Gasteiger partial charge in [0.25, 0.3) is 0 Å². The molecule has 19 heavy (non-hydrogen) atoms. The summed E-state index contributed by atoms with van der Waals surface area (Å²) in [4.78, 5) is 11.9. The quantitative estimate of drug-likeness (QED) is 0.886. The molecule has 0 heterocycles. The Morgan fingerprint density at radius 3 is 2.26 bits per heavy atom. The standard InChI is InChI=1S/C13H18N2O3.ClH/c1-8-6-10(17-2)11(18-3)7-9(8)15-12(16)13(14)4-5-13;/h6-7H,4-5,14H2,1-3H3,(H,15,16);1H. The van der Waals surface area contributed by atoms with Gasteiger partial charge in [0, 0.05) is 11.8 Å². The highest BCUT2D eigenvalue weighted by Crippen LogP contribution is 2.36. The van der Waals surface area contributed by atoms with E-state index >= 15 is 0 Å². The van der Waals surface area contributed by atoms with Crippen LogP contribution in [0.5, 0.6) is 11.5 Å². The Bertz CT molecular complexity index is 487. The van der Waals surface area contributed by atoms with E-state index in [0.717, 1.165) is 18.4 Å². The summed E-state index contributed by atoms with van der Waals surface area (Å²) in [5, 5.41) is 2.84. The average molecular weight is 287 g/mol. The van der Waals surface area contributed by atoms with Crippen LogP contribution < -0.4 is 20.5 Å². The minimum atomic E-state index is -0.681. The number of methoxy groups -OCH3 is 2. The predicted octanol–water partition coefficient (Wildman–Crippen LogP) is 1.86. The zero-order valence-electron chi connectivity index (χ0n) is 11.3. The first-order valence-electron chi connectivity index (χ1n) is 5.83. The molecule has 1 aliphatic rings. The van der Waals surface area contributed by atoms with Crippen molar-refractivity contribution in [2.45, 2.75) is 25.3 Å². The van der Waals surface area contributed by atoms with Gasteiger partial charge in [0.1, 0.15) is 0 Å². The van der Waals surface area contributed by atoms with E-state index in [2.05, 4.69) is 5.32 Å². The lowest BCUT2D eigenvalue weighted by molar-refractivity contribution is -0.118. The Morgan fingerprint density at radius 2 is 1.79 bits per heavy atom. The monoisotopic (exact) mass is 286 g/mol. The summed E-state index contributed by atoms with van der Waals surface area (Å²) >= 11 is 0. The molecule has 5 nitrogen and oxygen atoms in total. The van der Waals surface area contributed by atoms with Crippen LogP contribution in [-0.2, 0) is 4.79 Å². The van der Waals surface area contributed by atoms with Gasteiger partial charge in [0.2, 0.25) is 5.91 Å². The fourth-order valence-electron chi connectivity index (χ4n) is 1.72. The van der Waals surface area contributed by atoms with Crippen LogP contribution in [0.1, 0.15) is 18.4 Å². The highest BCUT2D eigenvalue weighted by molar-refractivity contribution is 6.00. The number of anilines is 1. The maximum atomic E-state index is 11.9. The number of rotatable bonds is 4. The van der Waals surface area contributed by atoms with Crippen molar-refractivity contribution in [1.29, 1.82) is 0 Å². The molecule has 1 amide bonds. The van der Waals surface area contributed by atoms with Crippen LogP contribution in [-0.4, -0.2) is 25.7 Å². The van der Waals surface area contributed by atoms with Crippen LogP contribution in [0.25, 0.3) is 0 Å². The van der Waals surface area contributed by atoms with E-state index in [9.17, 15) is 4.79 Å². The summed E-state index contributed by atoms with van der Waals surface area (Å²) in [6.45, 7) is 1.90. The van der Waals surface area contributed by atoms with Crippen molar-refractivity contribution >= 4 is 24.0 Å². The van der Waals surface area contributed by atoms with Gasteiger partial charge in [-0.25, -0.2) is 0 Å². The number of aryl methyl sites for hydroxylation is 1. The van der Waals surface area contributed by atoms with E-state index in [0.29, 0.717) is 17.2 Å². The van der Waals surface area contributed by atoms with Crippen molar-refractivity contribution in [1.82, 2.24) is 0 Å². The number of nitrogens with two attached hydrogens (primary N) is 1. The normalized spacial score (nSPS) is 15.2. The minimum Gasteiger partial charge on any atom is -0.493 e. The van der Waals surface area contributed by atoms with Crippen molar-refractivity contribution in [3.05, 3.63) is 17.7 Å². The second-order valence-corrected chi connectivity index (χ2v) is 4.63. The lowest BCUT2D eigenvalue weighted by Crippen LogP contribution is -2.38. The number of amides is 1. The van der Waals surface area contributed by atoms with E-state index in [1.54, 1.807) is 20.3 Å². The lowest BCUT2D eigenvalue weighted by atomic mass is 10.1. The van der Waals surface area contributed by atoms with Crippen LogP contribution in [0.3, 0.4) is 0 Å².